The minimum absolute atomic E-state index is 0.126. The van der Waals surface area contributed by atoms with Gasteiger partial charge in [0.2, 0.25) is 21.8 Å². The van der Waals surface area contributed by atoms with Crippen molar-refractivity contribution in [2.24, 2.45) is 0 Å². The van der Waals surface area contributed by atoms with E-state index in [0.717, 1.165) is 21.7 Å². The van der Waals surface area contributed by atoms with E-state index >= 15 is 0 Å². The van der Waals surface area contributed by atoms with Crippen molar-refractivity contribution >= 4 is 62.3 Å². The standard InChI is InChI=1S/C30H34Cl3N3O4S/c1-20-14-15-22(17-26(20)33)36(41(5,39)40)19-28(37)35(18-23-24(31)12-9-13-25(23)32)27(29(38)34-30(2,3)4)16-21-10-7-6-8-11-21/h6-15,17,27H,16,18-19H2,1-5H3,(H,34,38)/t27-/m0/s1. The molecule has 7 nitrogen and oxygen atoms in total. The fraction of sp³-hybridized carbons (Fsp3) is 0.333. The number of hydrogen-bond donors (Lipinski definition) is 1. The van der Waals surface area contributed by atoms with Crippen LogP contribution in [0.25, 0.3) is 0 Å². The van der Waals surface area contributed by atoms with Gasteiger partial charge in [-0.15, -0.1) is 0 Å². The molecule has 0 fully saturated rings. The first-order chi connectivity index (χ1) is 19.1. The van der Waals surface area contributed by atoms with Crippen LogP contribution in [0.1, 0.15) is 37.5 Å². The number of rotatable bonds is 10. The van der Waals surface area contributed by atoms with Crippen molar-refractivity contribution in [1.29, 1.82) is 0 Å². The SMILES string of the molecule is Cc1ccc(N(CC(=O)N(Cc2c(Cl)cccc2Cl)[C@@H](Cc2ccccc2)C(=O)NC(C)(C)C)S(C)(=O)=O)cc1Cl. The predicted octanol–water partition coefficient (Wildman–Crippen LogP) is 6.28. The highest BCUT2D eigenvalue weighted by atomic mass is 35.5. The smallest absolute Gasteiger partial charge is 0.244 e. The number of nitrogens with zero attached hydrogens (tertiary/aromatic N) is 2. The van der Waals surface area contributed by atoms with Crippen LogP contribution < -0.4 is 9.62 Å². The lowest BCUT2D eigenvalue weighted by molar-refractivity contribution is -0.140. The van der Waals surface area contributed by atoms with Crippen molar-refractivity contribution in [3.8, 4) is 0 Å². The molecule has 11 heteroatoms. The molecular formula is C30H34Cl3N3O4S. The van der Waals surface area contributed by atoms with Crippen LogP contribution in [0.3, 0.4) is 0 Å². The van der Waals surface area contributed by atoms with E-state index in [2.05, 4.69) is 5.32 Å². The van der Waals surface area contributed by atoms with E-state index in [4.69, 9.17) is 34.8 Å². The summed E-state index contributed by atoms with van der Waals surface area (Å²) < 4.78 is 26.8. The first-order valence-electron chi connectivity index (χ1n) is 12.9. The molecule has 0 bridgehead atoms. The van der Waals surface area contributed by atoms with Crippen molar-refractivity contribution in [1.82, 2.24) is 10.2 Å². The van der Waals surface area contributed by atoms with Crippen LogP contribution in [0.5, 0.6) is 0 Å². The molecule has 3 rings (SSSR count). The Labute approximate surface area is 257 Å². The summed E-state index contributed by atoms with van der Waals surface area (Å²) in [6.07, 6.45) is 1.18. The van der Waals surface area contributed by atoms with Crippen molar-refractivity contribution < 1.29 is 18.0 Å². The van der Waals surface area contributed by atoms with Crippen molar-refractivity contribution in [3.05, 3.63) is 98.5 Å². The molecule has 1 atom stereocenters. The second-order valence-electron chi connectivity index (χ2n) is 10.9. The molecule has 0 radical (unpaired) electrons. The normalized spacial score (nSPS) is 12.5. The Balaban J connectivity index is 2.13. The molecule has 3 aromatic rings. The predicted molar refractivity (Wildman–Crippen MR) is 167 cm³/mol. The van der Waals surface area contributed by atoms with Crippen LogP contribution in [0.15, 0.2) is 66.7 Å². The van der Waals surface area contributed by atoms with Gasteiger partial charge in [0.05, 0.1) is 11.9 Å². The third-order valence-corrected chi connectivity index (χ3v) is 8.54. The number of halogens is 3. The van der Waals surface area contributed by atoms with Gasteiger partial charge >= 0.3 is 0 Å². The van der Waals surface area contributed by atoms with Crippen LogP contribution in [0, 0.1) is 6.92 Å². The summed E-state index contributed by atoms with van der Waals surface area (Å²) >= 11 is 19.3. The van der Waals surface area contributed by atoms with E-state index in [0.29, 0.717) is 20.6 Å². The molecule has 2 amide bonds. The third-order valence-electron chi connectivity index (χ3n) is 6.28. The largest absolute Gasteiger partial charge is 0.350 e. The third kappa shape index (κ3) is 9.10. The Hall–Kier alpha value is -2.78. The Bertz CT molecular complexity index is 1490. The first-order valence-corrected chi connectivity index (χ1v) is 15.9. The van der Waals surface area contributed by atoms with Gasteiger partial charge in [0.15, 0.2) is 0 Å². The Morgan fingerprint density at radius 1 is 0.902 bits per heavy atom. The number of amides is 2. The zero-order valence-corrected chi connectivity index (χ0v) is 26.7. The number of nitrogens with one attached hydrogen (secondary N) is 1. The number of carbonyl (C=O) groups excluding carboxylic acids is 2. The Kier molecular flexibility index (Phi) is 10.7. The number of carbonyl (C=O) groups is 2. The highest BCUT2D eigenvalue weighted by Gasteiger charge is 2.35. The van der Waals surface area contributed by atoms with E-state index in [1.54, 1.807) is 37.3 Å². The maximum Gasteiger partial charge on any atom is 0.244 e. The Morgan fingerprint density at radius 2 is 1.51 bits per heavy atom. The van der Waals surface area contributed by atoms with Gasteiger partial charge in [0, 0.05) is 39.1 Å². The van der Waals surface area contributed by atoms with Crippen LogP contribution in [-0.4, -0.2) is 49.5 Å². The highest BCUT2D eigenvalue weighted by molar-refractivity contribution is 7.92. The molecule has 0 heterocycles. The second kappa shape index (κ2) is 13.5. The minimum Gasteiger partial charge on any atom is -0.350 e. The number of aryl methyl sites for hydroxylation is 1. The fourth-order valence-electron chi connectivity index (χ4n) is 4.21. The van der Waals surface area contributed by atoms with Gasteiger partial charge in [0.25, 0.3) is 0 Å². The van der Waals surface area contributed by atoms with E-state index < -0.39 is 40.0 Å². The van der Waals surface area contributed by atoms with Crippen molar-refractivity contribution in [3.63, 3.8) is 0 Å². The monoisotopic (exact) mass is 637 g/mol. The van der Waals surface area contributed by atoms with Gasteiger partial charge in [-0.1, -0.05) is 77.3 Å². The number of hydrogen-bond acceptors (Lipinski definition) is 4. The van der Waals surface area contributed by atoms with E-state index in [-0.39, 0.29) is 18.7 Å². The molecule has 220 valence electrons. The summed E-state index contributed by atoms with van der Waals surface area (Å²) in [7, 11) is -3.92. The minimum atomic E-state index is -3.92. The molecule has 41 heavy (non-hydrogen) atoms. The molecule has 0 spiro atoms. The van der Waals surface area contributed by atoms with Gasteiger partial charge in [0.1, 0.15) is 12.6 Å². The van der Waals surface area contributed by atoms with Crippen molar-refractivity contribution in [2.75, 3.05) is 17.1 Å². The molecule has 0 aromatic heterocycles. The highest BCUT2D eigenvalue weighted by Crippen LogP contribution is 2.29. The van der Waals surface area contributed by atoms with Crippen LogP contribution in [0.2, 0.25) is 15.1 Å². The summed E-state index contributed by atoms with van der Waals surface area (Å²) in [5.74, 6) is -1.02. The molecular weight excluding hydrogens is 605 g/mol. The van der Waals surface area contributed by atoms with Crippen LogP contribution in [-0.2, 0) is 32.6 Å². The number of benzene rings is 3. The molecule has 0 saturated heterocycles. The zero-order chi connectivity index (χ0) is 30.5. The fourth-order valence-corrected chi connectivity index (χ4v) is 5.74. The van der Waals surface area contributed by atoms with Crippen molar-refractivity contribution in [2.45, 2.75) is 52.2 Å². The molecule has 0 saturated carbocycles. The first kappa shape index (κ1) is 32.7. The number of anilines is 1. The van der Waals surface area contributed by atoms with E-state index in [1.807, 2.05) is 51.1 Å². The summed E-state index contributed by atoms with van der Waals surface area (Å²) in [6, 6.07) is 18.0. The molecule has 0 aliphatic heterocycles. The molecule has 1 N–H and O–H groups in total. The van der Waals surface area contributed by atoms with E-state index in [9.17, 15) is 18.0 Å². The van der Waals surface area contributed by atoms with Crippen LogP contribution >= 0.6 is 34.8 Å². The quantitative estimate of drug-likeness (QED) is 0.283. The Morgan fingerprint density at radius 3 is 2.05 bits per heavy atom. The van der Waals surface area contributed by atoms with Gasteiger partial charge in [-0.2, -0.15) is 0 Å². The number of sulfonamides is 1. The second-order valence-corrected chi connectivity index (χ2v) is 14.0. The molecule has 0 unspecified atom stereocenters. The zero-order valence-electron chi connectivity index (χ0n) is 23.6. The summed E-state index contributed by atoms with van der Waals surface area (Å²) in [5.41, 5.74) is 1.64. The molecule has 3 aromatic carbocycles. The molecule has 0 aliphatic carbocycles. The van der Waals surface area contributed by atoms with Gasteiger partial charge in [-0.3, -0.25) is 13.9 Å². The summed E-state index contributed by atoms with van der Waals surface area (Å²) in [4.78, 5) is 29.3. The average Bonchev–Trinajstić information content (AvgIpc) is 2.86. The van der Waals surface area contributed by atoms with Gasteiger partial charge < -0.3 is 10.2 Å². The summed E-state index contributed by atoms with van der Waals surface area (Å²) in [6.45, 7) is 6.61. The summed E-state index contributed by atoms with van der Waals surface area (Å²) in [5, 5.41) is 3.96. The van der Waals surface area contributed by atoms with Gasteiger partial charge in [-0.25, -0.2) is 8.42 Å². The van der Waals surface area contributed by atoms with Crippen LogP contribution in [0.4, 0.5) is 5.69 Å². The average molecular weight is 639 g/mol. The van der Waals surface area contributed by atoms with E-state index in [1.165, 1.54) is 11.0 Å². The molecule has 0 aliphatic rings. The maximum absolute atomic E-state index is 14.2. The lowest BCUT2D eigenvalue weighted by Gasteiger charge is -2.35. The van der Waals surface area contributed by atoms with Gasteiger partial charge in [-0.05, 0) is 63.1 Å². The maximum atomic E-state index is 14.2. The lowest BCUT2D eigenvalue weighted by Crippen LogP contribution is -2.56. The lowest BCUT2D eigenvalue weighted by atomic mass is 10.0. The topological polar surface area (TPSA) is 86.8 Å².